The second-order valence-corrected chi connectivity index (χ2v) is 19.7. The molecular weight excluding hydrogens is 737 g/mol. The molecule has 0 unspecified atom stereocenters. The Kier molecular flexibility index (Phi) is 6.58. The summed E-state index contributed by atoms with van der Waals surface area (Å²) in [5.41, 5.74) is 5.24. The summed E-state index contributed by atoms with van der Waals surface area (Å²) in [5.74, 6) is 0. The summed E-state index contributed by atoms with van der Waals surface area (Å²) in [6, 6.07) is 66.5. The molecule has 3 aromatic heterocycles. The fourth-order valence-corrected chi connectivity index (χ4v) is 15.2. The first-order valence-corrected chi connectivity index (χ1v) is 22.4. The lowest BCUT2D eigenvalue weighted by Crippen LogP contribution is -2.74. The standard InChI is InChI=1S/C54H36N2SSi/c1-4-18-38(19-5-1)58(39-20-6-2-7-21-39,40-22-8-3-9-23-40)41-34-32-37(33-35-41)55-47-28-14-12-26-44(47)46-36-50(54-52(53(46)55)45-27-13-17-31-51(45)57-54)56-48-29-15-10-24-42(48)43-25-11-16-30-49(43)56/h1-36H/i32D,33D,34D,35D. The molecule has 0 bridgehead atoms. The Morgan fingerprint density at radius 3 is 1.36 bits per heavy atom. The lowest BCUT2D eigenvalue weighted by Gasteiger charge is -2.34. The highest BCUT2D eigenvalue weighted by Crippen LogP contribution is 2.47. The van der Waals surface area contributed by atoms with Crippen LogP contribution in [0.25, 0.3) is 75.2 Å². The van der Waals surface area contributed by atoms with Crippen molar-refractivity contribution < 1.29 is 5.48 Å². The molecule has 9 aromatic carbocycles. The van der Waals surface area contributed by atoms with Crippen LogP contribution in [-0.4, -0.2) is 17.2 Å². The van der Waals surface area contributed by atoms with Gasteiger partial charge < -0.3 is 9.13 Å². The van der Waals surface area contributed by atoms with E-state index in [-0.39, 0.29) is 29.9 Å². The van der Waals surface area contributed by atoms with Crippen molar-refractivity contribution in [2.24, 2.45) is 0 Å². The van der Waals surface area contributed by atoms with E-state index in [4.69, 9.17) is 0 Å². The SMILES string of the molecule is [2H]c1c([2H])c([Si](c2ccccc2)(c2ccccc2)c2ccccc2)c([2H])c([2H])c1-n1c2ccccc2c2cc(-n3c4ccccc4c4ccccc43)c3sc4ccccc4c3c21. The van der Waals surface area contributed by atoms with E-state index >= 15 is 0 Å². The maximum absolute atomic E-state index is 10.2. The van der Waals surface area contributed by atoms with Gasteiger partial charge in [0.25, 0.3) is 0 Å². The minimum absolute atomic E-state index is 0.0246. The molecule has 0 fully saturated rings. The first kappa shape index (κ1) is 29.3. The highest BCUT2D eigenvalue weighted by atomic mass is 32.1. The third kappa shape index (κ3) is 4.70. The average Bonchev–Trinajstić information content (AvgIpc) is 3.99. The first-order chi connectivity index (χ1) is 30.5. The lowest BCUT2D eigenvalue weighted by atomic mass is 10.1. The maximum atomic E-state index is 10.2. The quantitative estimate of drug-likeness (QED) is 0.118. The van der Waals surface area contributed by atoms with Gasteiger partial charge in [0.05, 0.1) is 37.9 Å². The van der Waals surface area contributed by atoms with Crippen molar-refractivity contribution in [3.8, 4) is 11.4 Å². The van der Waals surface area contributed by atoms with Gasteiger partial charge in [0, 0.05) is 42.7 Å². The Morgan fingerprint density at radius 2 is 0.828 bits per heavy atom. The van der Waals surface area contributed by atoms with E-state index in [0.29, 0.717) is 5.19 Å². The van der Waals surface area contributed by atoms with Crippen molar-refractivity contribution in [3.63, 3.8) is 0 Å². The van der Waals surface area contributed by atoms with Crippen LogP contribution in [0.5, 0.6) is 0 Å². The third-order valence-corrected chi connectivity index (χ3v) is 17.7. The topological polar surface area (TPSA) is 9.86 Å². The van der Waals surface area contributed by atoms with Gasteiger partial charge in [0.2, 0.25) is 0 Å². The second kappa shape index (κ2) is 13.0. The average molecular weight is 777 g/mol. The molecule has 272 valence electrons. The summed E-state index contributed by atoms with van der Waals surface area (Å²) in [5, 5.41) is 9.86. The molecule has 0 aliphatic heterocycles. The molecule has 0 aliphatic rings. The molecule has 0 radical (unpaired) electrons. The molecule has 4 heteroatoms. The van der Waals surface area contributed by atoms with E-state index < -0.39 is 8.07 Å². The van der Waals surface area contributed by atoms with Crippen molar-refractivity contribution in [1.29, 1.82) is 0 Å². The van der Waals surface area contributed by atoms with Gasteiger partial charge >= 0.3 is 0 Å². The summed E-state index contributed by atoms with van der Waals surface area (Å²) in [7, 11) is -3.44. The van der Waals surface area contributed by atoms with Crippen LogP contribution in [0.4, 0.5) is 0 Å². The Morgan fingerprint density at radius 1 is 0.397 bits per heavy atom. The van der Waals surface area contributed by atoms with Crippen LogP contribution >= 0.6 is 11.3 Å². The van der Waals surface area contributed by atoms with Crippen molar-refractivity contribution in [2.75, 3.05) is 0 Å². The molecule has 3 heterocycles. The molecule has 0 saturated heterocycles. The van der Waals surface area contributed by atoms with Gasteiger partial charge in [-0.25, -0.2) is 0 Å². The lowest BCUT2D eigenvalue weighted by molar-refractivity contribution is 1.18. The Hall–Kier alpha value is -6.98. The molecule has 0 amide bonds. The minimum atomic E-state index is -3.44. The highest BCUT2D eigenvalue weighted by molar-refractivity contribution is 7.26. The molecule has 12 rings (SSSR count). The van der Waals surface area contributed by atoms with Gasteiger partial charge in [-0.2, -0.15) is 0 Å². The normalized spacial score (nSPS) is 13.1. The summed E-state index contributed by atoms with van der Waals surface area (Å²) < 4.78 is 47.3. The number of rotatable bonds is 6. The van der Waals surface area contributed by atoms with Gasteiger partial charge in [-0.05, 0) is 63.2 Å². The molecule has 0 saturated carbocycles. The molecule has 58 heavy (non-hydrogen) atoms. The monoisotopic (exact) mass is 776 g/mol. The Balaban J connectivity index is 1.24. The van der Waals surface area contributed by atoms with Gasteiger partial charge in [-0.1, -0.05) is 176 Å². The van der Waals surface area contributed by atoms with Gasteiger partial charge in [-0.15, -0.1) is 11.3 Å². The second-order valence-electron chi connectivity index (χ2n) is 14.9. The fraction of sp³-hybridized carbons (Fsp3) is 0. The fourth-order valence-electron chi connectivity index (χ4n) is 9.50. The molecular formula is C54H36N2SSi. The third-order valence-electron chi connectivity index (χ3n) is 11.9. The van der Waals surface area contributed by atoms with Gasteiger partial charge in [-0.3, -0.25) is 0 Å². The minimum Gasteiger partial charge on any atom is -0.309 e. The molecule has 0 aliphatic carbocycles. The predicted molar refractivity (Wildman–Crippen MR) is 252 cm³/mol. The zero-order valence-electron chi connectivity index (χ0n) is 35.3. The van der Waals surface area contributed by atoms with E-state index in [1.165, 1.54) is 10.8 Å². The molecule has 0 N–H and O–H groups in total. The maximum Gasteiger partial charge on any atom is 0.179 e. The number of hydrogen-bond donors (Lipinski definition) is 0. The van der Waals surface area contributed by atoms with E-state index in [1.54, 1.807) is 11.3 Å². The molecule has 0 spiro atoms. The van der Waals surface area contributed by atoms with E-state index in [0.717, 1.165) is 74.3 Å². The number of nitrogens with zero attached hydrogens (tertiary/aromatic N) is 2. The number of aromatic nitrogens is 2. The van der Waals surface area contributed by atoms with Crippen LogP contribution in [0.15, 0.2) is 218 Å². The van der Waals surface area contributed by atoms with Crippen molar-refractivity contribution in [1.82, 2.24) is 9.13 Å². The van der Waals surface area contributed by atoms with Crippen LogP contribution in [0.3, 0.4) is 0 Å². The molecule has 12 aromatic rings. The van der Waals surface area contributed by atoms with E-state index in [1.807, 2.05) is 77.4 Å². The van der Waals surface area contributed by atoms with Crippen LogP contribution < -0.4 is 20.7 Å². The van der Waals surface area contributed by atoms with Crippen LogP contribution in [0, 0.1) is 0 Å². The first-order valence-electron chi connectivity index (χ1n) is 21.6. The predicted octanol–water partition coefficient (Wildman–Crippen LogP) is 11.6. The largest absolute Gasteiger partial charge is 0.309 e. The number of thiophene rings is 1. The van der Waals surface area contributed by atoms with Crippen molar-refractivity contribution in [2.45, 2.75) is 0 Å². The summed E-state index contributed by atoms with van der Waals surface area (Å²) in [6.45, 7) is 0. The smallest absolute Gasteiger partial charge is 0.179 e. The van der Waals surface area contributed by atoms with E-state index in [9.17, 15) is 5.48 Å². The zero-order chi connectivity index (χ0) is 41.7. The number of hydrogen-bond acceptors (Lipinski definition) is 1. The number of fused-ring (bicyclic) bond motifs is 10. The van der Waals surface area contributed by atoms with Crippen molar-refractivity contribution >= 4 is 104 Å². The van der Waals surface area contributed by atoms with Gasteiger partial charge in [0.15, 0.2) is 8.07 Å². The van der Waals surface area contributed by atoms with Crippen LogP contribution in [0.2, 0.25) is 0 Å². The zero-order valence-corrected chi connectivity index (χ0v) is 33.1. The molecule has 0 atom stereocenters. The number of para-hydroxylation sites is 3. The van der Waals surface area contributed by atoms with Crippen LogP contribution in [0.1, 0.15) is 5.48 Å². The summed E-state index contributed by atoms with van der Waals surface area (Å²) in [6.07, 6.45) is 0. The van der Waals surface area contributed by atoms with Crippen molar-refractivity contribution in [3.05, 3.63) is 218 Å². The number of benzene rings is 9. The van der Waals surface area contributed by atoms with Gasteiger partial charge in [0.1, 0.15) is 0 Å². The highest BCUT2D eigenvalue weighted by Gasteiger charge is 2.41. The Labute approximate surface area is 346 Å². The molecule has 2 nitrogen and oxygen atoms in total. The van der Waals surface area contributed by atoms with E-state index in [2.05, 4.69) is 126 Å². The summed E-state index contributed by atoms with van der Waals surface area (Å²) in [4.78, 5) is 0. The Bertz CT molecular complexity index is 3570. The van der Waals surface area contributed by atoms with Crippen LogP contribution in [-0.2, 0) is 0 Å². The summed E-state index contributed by atoms with van der Waals surface area (Å²) >= 11 is 1.75.